The van der Waals surface area contributed by atoms with Crippen LogP contribution < -0.4 is 4.74 Å². The Balaban J connectivity index is 2.34. The highest BCUT2D eigenvalue weighted by Crippen LogP contribution is 2.17. The first kappa shape index (κ1) is 15.4. The van der Waals surface area contributed by atoms with Crippen molar-refractivity contribution in [3.8, 4) is 11.8 Å². The number of carbonyl (C=O) groups excluding carboxylic acids is 1. The molecule has 0 saturated carbocycles. The van der Waals surface area contributed by atoms with Gasteiger partial charge < -0.3 is 9.84 Å². The molecular formula is C14H14N4O4. The Morgan fingerprint density at radius 1 is 1.09 bits per heavy atom. The summed E-state index contributed by atoms with van der Waals surface area (Å²) in [6, 6.07) is 3.34. The van der Waals surface area contributed by atoms with Crippen molar-refractivity contribution >= 4 is 11.9 Å². The molecule has 2 rings (SSSR count). The van der Waals surface area contributed by atoms with Gasteiger partial charge in [-0.05, 0) is 26.8 Å². The quantitative estimate of drug-likeness (QED) is 0.666. The maximum atomic E-state index is 11.6. The maximum Gasteiger partial charge on any atom is 0.337 e. The number of aliphatic carboxylic acids is 1. The molecule has 2 aromatic rings. The molecule has 0 aliphatic rings. The third-order valence-corrected chi connectivity index (χ3v) is 2.53. The highest BCUT2D eigenvalue weighted by atomic mass is 16.5. The predicted molar refractivity (Wildman–Crippen MR) is 75.8 cm³/mol. The van der Waals surface area contributed by atoms with Crippen LogP contribution in [-0.4, -0.2) is 36.8 Å². The van der Waals surface area contributed by atoms with Gasteiger partial charge in [-0.25, -0.2) is 19.6 Å². The van der Waals surface area contributed by atoms with E-state index in [2.05, 4.69) is 15.1 Å². The van der Waals surface area contributed by atoms with Gasteiger partial charge in [0.25, 0.3) is 5.95 Å². The summed E-state index contributed by atoms with van der Waals surface area (Å²) < 4.78 is 6.38. The van der Waals surface area contributed by atoms with Crippen molar-refractivity contribution in [2.24, 2.45) is 0 Å². The van der Waals surface area contributed by atoms with Gasteiger partial charge in [-0.1, -0.05) is 0 Å². The third-order valence-electron chi connectivity index (χ3n) is 2.53. The van der Waals surface area contributed by atoms with E-state index in [9.17, 15) is 9.59 Å². The van der Waals surface area contributed by atoms with Crippen LogP contribution in [0.5, 0.6) is 5.88 Å². The summed E-state index contributed by atoms with van der Waals surface area (Å²) in [6.07, 6.45) is 1.51. The lowest BCUT2D eigenvalue weighted by atomic mass is 10.4. The minimum absolute atomic E-state index is 0.113. The number of aromatic nitrogens is 4. The number of hydrogen-bond acceptors (Lipinski definition) is 6. The molecule has 0 aliphatic carbocycles. The number of esters is 1. The zero-order valence-electron chi connectivity index (χ0n) is 12.3. The maximum absolute atomic E-state index is 11.6. The first-order valence-electron chi connectivity index (χ1n) is 6.37. The number of rotatable bonds is 4. The van der Waals surface area contributed by atoms with Crippen molar-refractivity contribution in [1.82, 2.24) is 19.7 Å². The standard InChI is InChI=1S/C14H14N4O4/c1-8-6-9(2)16-14(15-8)18-11(7-10(3)17-18)22-13(21)5-4-12(19)20/h4-7H,1-3H3,(H,19,20)/b5-4+. The van der Waals surface area contributed by atoms with E-state index in [0.717, 1.165) is 17.5 Å². The molecule has 0 aliphatic heterocycles. The Hall–Kier alpha value is -3.03. The summed E-state index contributed by atoms with van der Waals surface area (Å²) in [5.41, 5.74) is 2.10. The van der Waals surface area contributed by atoms with Crippen LogP contribution in [0, 0.1) is 20.8 Å². The second-order valence-corrected chi connectivity index (χ2v) is 4.58. The Kier molecular flexibility index (Phi) is 4.31. The zero-order chi connectivity index (χ0) is 16.3. The van der Waals surface area contributed by atoms with Crippen LogP contribution >= 0.6 is 0 Å². The van der Waals surface area contributed by atoms with Crippen LogP contribution in [0.25, 0.3) is 5.95 Å². The Bertz CT molecular complexity index is 744. The third kappa shape index (κ3) is 3.75. The van der Waals surface area contributed by atoms with E-state index in [4.69, 9.17) is 9.84 Å². The first-order valence-corrected chi connectivity index (χ1v) is 6.37. The van der Waals surface area contributed by atoms with Gasteiger partial charge in [-0.3, -0.25) is 0 Å². The molecule has 0 fully saturated rings. The van der Waals surface area contributed by atoms with Crippen LogP contribution in [-0.2, 0) is 9.59 Å². The molecule has 0 spiro atoms. The monoisotopic (exact) mass is 302 g/mol. The Morgan fingerprint density at radius 2 is 1.73 bits per heavy atom. The van der Waals surface area contributed by atoms with Crippen LogP contribution in [0.3, 0.4) is 0 Å². The second-order valence-electron chi connectivity index (χ2n) is 4.58. The molecule has 0 amide bonds. The summed E-state index contributed by atoms with van der Waals surface area (Å²) >= 11 is 0. The smallest absolute Gasteiger partial charge is 0.337 e. The average Bonchev–Trinajstić information content (AvgIpc) is 2.76. The van der Waals surface area contributed by atoms with Crippen molar-refractivity contribution in [1.29, 1.82) is 0 Å². The summed E-state index contributed by atoms with van der Waals surface area (Å²) in [7, 11) is 0. The molecule has 2 aromatic heterocycles. The van der Waals surface area contributed by atoms with Crippen molar-refractivity contribution in [3.63, 3.8) is 0 Å². The summed E-state index contributed by atoms with van der Waals surface area (Å²) in [5.74, 6) is -1.68. The van der Waals surface area contributed by atoms with Crippen molar-refractivity contribution in [2.75, 3.05) is 0 Å². The van der Waals surface area contributed by atoms with Crippen LogP contribution in [0.2, 0.25) is 0 Å². The largest absolute Gasteiger partial charge is 0.478 e. The topological polar surface area (TPSA) is 107 Å². The molecule has 0 saturated heterocycles. The van der Waals surface area contributed by atoms with E-state index in [0.29, 0.717) is 11.8 Å². The first-order chi connectivity index (χ1) is 10.3. The minimum atomic E-state index is -1.24. The van der Waals surface area contributed by atoms with Gasteiger partial charge in [0.1, 0.15) is 0 Å². The summed E-state index contributed by atoms with van der Waals surface area (Å²) in [5, 5.41) is 12.7. The lowest BCUT2D eigenvalue weighted by Crippen LogP contribution is -2.12. The van der Waals surface area contributed by atoms with E-state index in [-0.39, 0.29) is 11.8 Å². The lowest BCUT2D eigenvalue weighted by Gasteiger charge is -2.06. The van der Waals surface area contributed by atoms with E-state index in [1.165, 1.54) is 10.7 Å². The zero-order valence-corrected chi connectivity index (χ0v) is 12.3. The van der Waals surface area contributed by atoms with Gasteiger partial charge in [0.15, 0.2) is 0 Å². The highest BCUT2D eigenvalue weighted by Gasteiger charge is 2.14. The normalized spacial score (nSPS) is 10.9. The fourth-order valence-corrected chi connectivity index (χ4v) is 1.77. The highest BCUT2D eigenvalue weighted by molar-refractivity contribution is 5.91. The summed E-state index contributed by atoms with van der Waals surface area (Å²) in [6.45, 7) is 5.36. The fourth-order valence-electron chi connectivity index (χ4n) is 1.77. The fraction of sp³-hybridized carbons (Fsp3) is 0.214. The second kappa shape index (κ2) is 6.17. The molecule has 0 unspecified atom stereocenters. The van der Waals surface area contributed by atoms with E-state index in [1.807, 2.05) is 13.8 Å². The van der Waals surface area contributed by atoms with E-state index >= 15 is 0 Å². The number of ether oxygens (including phenoxy) is 1. The minimum Gasteiger partial charge on any atom is -0.478 e. The average molecular weight is 302 g/mol. The Morgan fingerprint density at radius 3 is 2.32 bits per heavy atom. The van der Waals surface area contributed by atoms with Gasteiger partial charge >= 0.3 is 11.9 Å². The molecule has 0 atom stereocenters. The van der Waals surface area contributed by atoms with Crippen LogP contribution in [0.1, 0.15) is 17.1 Å². The van der Waals surface area contributed by atoms with Gasteiger partial charge in [0, 0.05) is 29.6 Å². The summed E-state index contributed by atoms with van der Waals surface area (Å²) in [4.78, 5) is 30.5. The molecule has 22 heavy (non-hydrogen) atoms. The number of nitrogens with zero attached hydrogens (tertiary/aromatic N) is 4. The molecule has 0 bridgehead atoms. The molecule has 114 valence electrons. The molecule has 2 heterocycles. The molecule has 8 nitrogen and oxygen atoms in total. The molecule has 0 aromatic carbocycles. The number of aryl methyl sites for hydroxylation is 3. The van der Waals surface area contributed by atoms with Gasteiger partial charge in [-0.2, -0.15) is 9.78 Å². The van der Waals surface area contributed by atoms with E-state index in [1.54, 1.807) is 13.0 Å². The number of carboxylic acids is 1. The van der Waals surface area contributed by atoms with Crippen molar-refractivity contribution < 1.29 is 19.4 Å². The predicted octanol–water partition coefficient (Wildman–Crippen LogP) is 1.13. The lowest BCUT2D eigenvalue weighted by molar-refractivity contribution is -0.133. The van der Waals surface area contributed by atoms with Gasteiger partial charge in [0.2, 0.25) is 5.88 Å². The Labute approximate surface area is 126 Å². The molecule has 8 heteroatoms. The molecule has 0 radical (unpaired) electrons. The molecular weight excluding hydrogens is 288 g/mol. The van der Waals surface area contributed by atoms with Gasteiger partial charge in [0.05, 0.1) is 5.69 Å². The van der Waals surface area contributed by atoms with Crippen LogP contribution in [0.4, 0.5) is 0 Å². The van der Waals surface area contributed by atoms with Crippen molar-refractivity contribution in [2.45, 2.75) is 20.8 Å². The van der Waals surface area contributed by atoms with Gasteiger partial charge in [-0.15, -0.1) is 0 Å². The SMILES string of the molecule is Cc1cc(C)nc(-n2nc(C)cc2OC(=O)/C=C/C(=O)O)n1. The van der Waals surface area contributed by atoms with E-state index < -0.39 is 11.9 Å². The number of carbonyl (C=O) groups is 2. The number of hydrogen-bond donors (Lipinski definition) is 1. The number of carboxylic acid groups (broad SMARTS) is 1. The van der Waals surface area contributed by atoms with Crippen molar-refractivity contribution in [3.05, 3.63) is 41.4 Å². The van der Waals surface area contributed by atoms with Crippen LogP contribution in [0.15, 0.2) is 24.3 Å². The molecule has 1 N–H and O–H groups in total.